The highest BCUT2D eigenvalue weighted by atomic mass is 32.2. The molecule has 0 fully saturated rings. The maximum absolute atomic E-state index is 12.1. The molecule has 1 N–H and O–H groups in total. The Morgan fingerprint density at radius 2 is 2.29 bits per heavy atom. The summed E-state index contributed by atoms with van der Waals surface area (Å²) in [5.74, 6) is 0.580. The van der Waals surface area contributed by atoms with Crippen LogP contribution >= 0.6 is 11.8 Å². The van der Waals surface area contributed by atoms with Crippen LogP contribution < -0.4 is 4.90 Å². The van der Waals surface area contributed by atoms with Crippen LogP contribution in [0.15, 0.2) is 24.3 Å². The second kappa shape index (κ2) is 5.56. The Balaban J connectivity index is 1.98. The Morgan fingerprint density at radius 3 is 3.06 bits per heavy atom. The summed E-state index contributed by atoms with van der Waals surface area (Å²) in [6.07, 6.45) is 0.947. The summed E-state index contributed by atoms with van der Waals surface area (Å²) >= 11 is 1.50. The first-order valence-corrected chi connectivity index (χ1v) is 6.88. The van der Waals surface area contributed by atoms with Gasteiger partial charge in [0.25, 0.3) is 0 Å². The molecule has 1 amide bonds. The Hall–Kier alpha value is -1.00. The number of thioether (sulfide) groups is 1. The summed E-state index contributed by atoms with van der Waals surface area (Å²) in [6.45, 7) is 2.83. The molecule has 1 heterocycles. The molecular formula is C13H17NO2S. The number of rotatable bonds is 4. The van der Waals surface area contributed by atoms with Gasteiger partial charge >= 0.3 is 0 Å². The number of aliphatic hydroxyl groups is 1. The molecule has 2 rings (SSSR count). The third-order valence-corrected chi connectivity index (χ3v) is 4.07. The summed E-state index contributed by atoms with van der Waals surface area (Å²) in [6, 6.07) is 8.05. The second-order valence-corrected chi connectivity index (χ2v) is 5.66. The molecule has 1 aliphatic heterocycles. The number of anilines is 1. The van der Waals surface area contributed by atoms with E-state index in [0.717, 1.165) is 18.7 Å². The van der Waals surface area contributed by atoms with E-state index in [4.69, 9.17) is 5.11 Å². The van der Waals surface area contributed by atoms with Crippen LogP contribution in [-0.4, -0.2) is 35.2 Å². The van der Waals surface area contributed by atoms with E-state index in [1.807, 2.05) is 30.0 Å². The zero-order valence-electron chi connectivity index (χ0n) is 9.93. The Kier molecular flexibility index (Phi) is 4.07. The minimum atomic E-state index is 0.120. The minimum absolute atomic E-state index is 0.120. The van der Waals surface area contributed by atoms with E-state index in [9.17, 15) is 4.79 Å². The minimum Gasteiger partial charge on any atom is -0.395 e. The van der Waals surface area contributed by atoms with Crippen molar-refractivity contribution in [1.29, 1.82) is 0 Å². The van der Waals surface area contributed by atoms with Crippen LogP contribution in [0.25, 0.3) is 0 Å². The molecule has 1 aromatic rings. The molecule has 4 heteroatoms. The molecule has 1 aliphatic rings. The second-order valence-electron chi connectivity index (χ2n) is 4.23. The third-order valence-electron chi connectivity index (χ3n) is 2.94. The van der Waals surface area contributed by atoms with Crippen LogP contribution in [-0.2, 0) is 11.2 Å². The van der Waals surface area contributed by atoms with E-state index in [1.165, 1.54) is 17.3 Å². The van der Waals surface area contributed by atoms with Gasteiger partial charge in [0.1, 0.15) is 0 Å². The molecule has 0 bridgehead atoms. The highest BCUT2D eigenvalue weighted by Crippen LogP contribution is 2.28. The van der Waals surface area contributed by atoms with Crippen LogP contribution in [0, 0.1) is 0 Å². The lowest BCUT2D eigenvalue weighted by molar-refractivity contribution is -0.116. The van der Waals surface area contributed by atoms with Crippen LogP contribution in [0.3, 0.4) is 0 Å². The average molecular weight is 251 g/mol. The van der Waals surface area contributed by atoms with E-state index >= 15 is 0 Å². The van der Waals surface area contributed by atoms with Gasteiger partial charge in [0.05, 0.1) is 12.4 Å². The van der Waals surface area contributed by atoms with Crippen LogP contribution in [0.2, 0.25) is 0 Å². The van der Waals surface area contributed by atoms with Crippen molar-refractivity contribution in [3.05, 3.63) is 29.8 Å². The van der Waals surface area contributed by atoms with Crippen LogP contribution in [0.5, 0.6) is 0 Å². The van der Waals surface area contributed by atoms with E-state index in [-0.39, 0.29) is 17.8 Å². The number of amides is 1. The lowest BCUT2D eigenvalue weighted by Gasteiger charge is -2.18. The Morgan fingerprint density at radius 1 is 1.53 bits per heavy atom. The summed E-state index contributed by atoms with van der Waals surface area (Å²) in [7, 11) is 0. The van der Waals surface area contributed by atoms with E-state index in [1.54, 1.807) is 0 Å². The molecule has 0 spiro atoms. The average Bonchev–Trinajstić information content (AvgIpc) is 2.79. The van der Waals surface area contributed by atoms with Gasteiger partial charge in [0, 0.05) is 17.5 Å². The van der Waals surface area contributed by atoms with E-state index < -0.39 is 0 Å². The normalized spacial score (nSPS) is 15.8. The highest BCUT2D eigenvalue weighted by Gasteiger charge is 2.24. The first-order valence-electron chi connectivity index (χ1n) is 5.83. The van der Waals surface area contributed by atoms with Crippen molar-refractivity contribution >= 4 is 23.4 Å². The van der Waals surface area contributed by atoms with Crippen molar-refractivity contribution < 1.29 is 9.90 Å². The van der Waals surface area contributed by atoms with Gasteiger partial charge in [-0.2, -0.15) is 0 Å². The summed E-state index contributed by atoms with van der Waals surface area (Å²) in [5.41, 5.74) is 2.30. The predicted octanol–water partition coefficient (Wildman–Crippen LogP) is 1.69. The van der Waals surface area contributed by atoms with E-state index in [2.05, 4.69) is 6.07 Å². The van der Waals surface area contributed by atoms with E-state index in [0.29, 0.717) is 5.75 Å². The molecule has 3 nitrogen and oxygen atoms in total. The number of para-hydroxylation sites is 1. The monoisotopic (exact) mass is 251 g/mol. The molecule has 17 heavy (non-hydrogen) atoms. The lowest BCUT2D eigenvalue weighted by atomic mass is 10.2. The topological polar surface area (TPSA) is 40.5 Å². The van der Waals surface area contributed by atoms with Gasteiger partial charge in [-0.15, -0.1) is 11.8 Å². The number of carbonyl (C=O) groups excluding carboxylic acids is 1. The molecule has 0 saturated carbocycles. The van der Waals surface area contributed by atoms with Crippen molar-refractivity contribution in [2.24, 2.45) is 0 Å². The zero-order valence-corrected chi connectivity index (χ0v) is 10.7. The fraction of sp³-hybridized carbons (Fsp3) is 0.462. The summed E-state index contributed by atoms with van der Waals surface area (Å²) < 4.78 is 0. The van der Waals surface area contributed by atoms with Crippen molar-refractivity contribution in [1.82, 2.24) is 0 Å². The first-order chi connectivity index (χ1) is 8.22. The molecule has 1 unspecified atom stereocenters. The third kappa shape index (κ3) is 2.82. The first kappa shape index (κ1) is 12.5. The van der Waals surface area contributed by atoms with Crippen molar-refractivity contribution in [2.45, 2.75) is 18.6 Å². The number of fused-ring (bicyclic) bond motifs is 1. The van der Waals surface area contributed by atoms with Crippen molar-refractivity contribution in [2.75, 3.05) is 23.8 Å². The number of aliphatic hydroxyl groups excluding tert-OH is 1. The van der Waals surface area contributed by atoms with Crippen LogP contribution in [0.4, 0.5) is 5.69 Å². The van der Waals surface area contributed by atoms with Gasteiger partial charge in [-0.3, -0.25) is 4.79 Å². The SMILES string of the molecule is CC(CO)SCC(=O)N1CCc2ccccc21. The van der Waals surface area contributed by atoms with Gasteiger partial charge in [-0.1, -0.05) is 25.1 Å². The molecule has 1 atom stereocenters. The molecule has 92 valence electrons. The Bertz CT molecular complexity index is 408. The highest BCUT2D eigenvalue weighted by molar-refractivity contribution is 8.00. The zero-order chi connectivity index (χ0) is 12.3. The lowest BCUT2D eigenvalue weighted by Crippen LogP contribution is -2.31. The number of hydrogen-bond acceptors (Lipinski definition) is 3. The van der Waals surface area contributed by atoms with Gasteiger partial charge in [-0.05, 0) is 18.1 Å². The number of benzene rings is 1. The van der Waals surface area contributed by atoms with Gasteiger partial charge in [-0.25, -0.2) is 0 Å². The van der Waals surface area contributed by atoms with Crippen molar-refractivity contribution in [3.63, 3.8) is 0 Å². The Labute approximate surface area is 106 Å². The molecule has 0 aromatic heterocycles. The maximum Gasteiger partial charge on any atom is 0.237 e. The summed E-state index contributed by atoms with van der Waals surface area (Å²) in [4.78, 5) is 13.9. The van der Waals surface area contributed by atoms with Crippen molar-refractivity contribution in [3.8, 4) is 0 Å². The summed E-state index contributed by atoms with van der Waals surface area (Å²) in [5, 5.41) is 9.05. The quantitative estimate of drug-likeness (QED) is 0.885. The standard InChI is InChI=1S/C13H17NO2S/c1-10(8-15)17-9-13(16)14-7-6-11-4-2-3-5-12(11)14/h2-5,10,15H,6-9H2,1H3. The fourth-order valence-electron chi connectivity index (χ4n) is 1.94. The largest absolute Gasteiger partial charge is 0.395 e. The molecule has 1 aromatic carbocycles. The smallest absolute Gasteiger partial charge is 0.237 e. The number of hydrogen-bond donors (Lipinski definition) is 1. The van der Waals surface area contributed by atoms with Gasteiger partial charge in [0.15, 0.2) is 0 Å². The number of nitrogens with zero attached hydrogens (tertiary/aromatic N) is 1. The number of carbonyl (C=O) groups is 1. The fourth-order valence-corrected chi connectivity index (χ4v) is 2.63. The van der Waals surface area contributed by atoms with Gasteiger partial charge in [0.2, 0.25) is 5.91 Å². The molecule has 0 radical (unpaired) electrons. The maximum atomic E-state index is 12.1. The van der Waals surface area contributed by atoms with Crippen LogP contribution in [0.1, 0.15) is 12.5 Å². The molecule has 0 aliphatic carbocycles. The predicted molar refractivity (Wildman–Crippen MR) is 71.5 cm³/mol. The molecular weight excluding hydrogens is 234 g/mol. The van der Waals surface area contributed by atoms with Gasteiger partial charge < -0.3 is 10.0 Å². The molecule has 0 saturated heterocycles.